The van der Waals surface area contributed by atoms with Gasteiger partial charge in [0.25, 0.3) is 0 Å². The summed E-state index contributed by atoms with van der Waals surface area (Å²) in [5.74, 6) is -3.30. The first-order chi connectivity index (χ1) is 18.0. The van der Waals surface area contributed by atoms with Gasteiger partial charge < -0.3 is 23.7 Å². The second-order valence-electron chi connectivity index (χ2n) is 7.81. The summed E-state index contributed by atoms with van der Waals surface area (Å²) in [4.78, 5) is 59.5. The molecule has 0 amide bonds. The molecule has 0 aliphatic rings. The summed E-state index contributed by atoms with van der Waals surface area (Å²) >= 11 is 2.46. The SMILES string of the molecule is CC(=O)OC[C@@H](OC(C)=O)[C@@H](OC(C)=O)[C@H](OC(C)=O)[C@@H](OC(C)=O)c1nnc(SCc2ccccc2)s1. The predicted molar refractivity (Wildman–Crippen MR) is 134 cm³/mol. The van der Waals surface area contributed by atoms with Crippen molar-refractivity contribution in [3.05, 3.63) is 40.9 Å². The number of ether oxygens (including phenoxy) is 5. The number of carbonyl (C=O) groups excluding carboxylic acids is 5. The maximum atomic E-state index is 12.1. The van der Waals surface area contributed by atoms with Crippen LogP contribution in [0.15, 0.2) is 34.7 Å². The third-order valence-corrected chi connectivity index (χ3v) is 6.71. The Kier molecular flexibility index (Phi) is 12.1. The van der Waals surface area contributed by atoms with Gasteiger partial charge in [-0.3, -0.25) is 24.0 Å². The highest BCUT2D eigenvalue weighted by Gasteiger charge is 2.46. The Morgan fingerprint density at radius 1 is 0.763 bits per heavy atom. The minimum absolute atomic E-state index is 0.133. The van der Waals surface area contributed by atoms with Gasteiger partial charge >= 0.3 is 29.8 Å². The molecule has 4 atom stereocenters. The fourth-order valence-electron chi connectivity index (χ4n) is 3.20. The van der Waals surface area contributed by atoms with Crippen LogP contribution in [0.25, 0.3) is 0 Å². The molecule has 206 valence electrons. The monoisotopic (exact) mass is 568 g/mol. The van der Waals surface area contributed by atoms with E-state index >= 15 is 0 Å². The van der Waals surface area contributed by atoms with E-state index < -0.39 is 60.9 Å². The Balaban J connectivity index is 2.47. The zero-order chi connectivity index (χ0) is 28.2. The van der Waals surface area contributed by atoms with Crippen molar-refractivity contribution in [3.8, 4) is 0 Å². The van der Waals surface area contributed by atoms with Crippen LogP contribution in [0.1, 0.15) is 51.3 Å². The molecule has 1 aromatic carbocycles. The second kappa shape index (κ2) is 15.0. The van der Waals surface area contributed by atoms with Gasteiger partial charge in [0.1, 0.15) is 6.61 Å². The van der Waals surface area contributed by atoms with E-state index in [-0.39, 0.29) is 5.01 Å². The summed E-state index contributed by atoms with van der Waals surface area (Å²) in [6.07, 6.45) is -5.91. The Bertz CT molecular complexity index is 1120. The largest absolute Gasteiger partial charge is 0.462 e. The van der Waals surface area contributed by atoms with E-state index in [4.69, 9.17) is 23.7 Å². The van der Waals surface area contributed by atoms with Gasteiger partial charge in [0.15, 0.2) is 33.8 Å². The molecular weight excluding hydrogens is 540 g/mol. The summed E-state index contributed by atoms with van der Waals surface area (Å²) in [6, 6.07) is 9.63. The number of hydrogen-bond acceptors (Lipinski definition) is 14. The van der Waals surface area contributed by atoms with E-state index in [1.165, 1.54) is 11.8 Å². The van der Waals surface area contributed by atoms with Gasteiger partial charge in [-0.15, -0.1) is 10.2 Å². The van der Waals surface area contributed by atoms with Crippen LogP contribution in [0, 0.1) is 0 Å². The van der Waals surface area contributed by atoms with Gasteiger partial charge in [-0.05, 0) is 5.56 Å². The van der Waals surface area contributed by atoms with Crippen LogP contribution in [0.5, 0.6) is 0 Å². The molecule has 0 spiro atoms. The molecule has 38 heavy (non-hydrogen) atoms. The van der Waals surface area contributed by atoms with Crippen molar-refractivity contribution in [1.82, 2.24) is 10.2 Å². The van der Waals surface area contributed by atoms with Crippen LogP contribution in [0.3, 0.4) is 0 Å². The van der Waals surface area contributed by atoms with Crippen molar-refractivity contribution in [3.63, 3.8) is 0 Å². The number of carbonyl (C=O) groups is 5. The van der Waals surface area contributed by atoms with Crippen molar-refractivity contribution >= 4 is 52.9 Å². The van der Waals surface area contributed by atoms with E-state index in [1.807, 2.05) is 30.3 Å². The van der Waals surface area contributed by atoms with Crippen LogP contribution in [-0.2, 0) is 53.4 Å². The highest BCUT2D eigenvalue weighted by molar-refractivity contribution is 8.00. The molecule has 1 aromatic heterocycles. The van der Waals surface area contributed by atoms with E-state index in [0.29, 0.717) is 10.1 Å². The zero-order valence-electron chi connectivity index (χ0n) is 21.4. The number of nitrogens with zero attached hydrogens (tertiary/aromatic N) is 2. The first kappa shape index (κ1) is 30.7. The number of benzene rings is 1. The Morgan fingerprint density at radius 3 is 1.89 bits per heavy atom. The highest BCUT2D eigenvalue weighted by Crippen LogP contribution is 2.35. The molecule has 1 heterocycles. The lowest BCUT2D eigenvalue weighted by molar-refractivity contribution is -0.203. The quantitative estimate of drug-likeness (QED) is 0.197. The van der Waals surface area contributed by atoms with Gasteiger partial charge in [-0.25, -0.2) is 0 Å². The summed E-state index contributed by atoms with van der Waals surface area (Å²) < 4.78 is 27.0. The molecule has 0 N–H and O–H groups in total. The lowest BCUT2D eigenvalue weighted by Gasteiger charge is -2.34. The number of aromatic nitrogens is 2. The Morgan fingerprint density at radius 2 is 1.34 bits per heavy atom. The maximum Gasteiger partial charge on any atom is 0.303 e. The average molecular weight is 569 g/mol. The first-order valence-electron chi connectivity index (χ1n) is 11.3. The van der Waals surface area contributed by atoms with Crippen molar-refractivity contribution in [2.75, 3.05) is 6.61 Å². The lowest BCUT2D eigenvalue weighted by atomic mass is 10.0. The molecule has 12 nitrogen and oxygen atoms in total. The average Bonchev–Trinajstić information content (AvgIpc) is 3.30. The molecule has 0 saturated carbocycles. The van der Waals surface area contributed by atoms with Crippen molar-refractivity contribution in [1.29, 1.82) is 0 Å². The van der Waals surface area contributed by atoms with Crippen LogP contribution in [-0.4, -0.2) is 65.0 Å². The normalized spacial score (nSPS) is 13.8. The first-order valence-corrected chi connectivity index (χ1v) is 13.1. The fourth-order valence-corrected chi connectivity index (χ4v) is 5.09. The molecule has 2 aromatic rings. The zero-order valence-corrected chi connectivity index (χ0v) is 23.0. The van der Waals surface area contributed by atoms with Crippen LogP contribution in [0.4, 0.5) is 0 Å². The Labute approximate surface area is 227 Å². The number of hydrogen-bond donors (Lipinski definition) is 0. The van der Waals surface area contributed by atoms with E-state index in [1.54, 1.807) is 0 Å². The van der Waals surface area contributed by atoms with Crippen LogP contribution < -0.4 is 0 Å². The maximum absolute atomic E-state index is 12.1. The highest BCUT2D eigenvalue weighted by atomic mass is 32.2. The second-order valence-corrected chi connectivity index (χ2v) is 10.0. The molecule has 2 rings (SSSR count). The number of thioether (sulfide) groups is 1. The van der Waals surface area contributed by atoms with Crippen molar-refractivity contribution in [2.24, 2.45) is 0 Å². The van der Waals surface area contributed by atoms with Gasteiger partial charge in [-0.2, -0.15) is 0 Å². The van der Waals surface area contributed by atoms with Crippen molar-refractivity contribution < 1.29 is 47.7 Å². The standard InChI is InChI=1S/C24H28N2O10S2/c1-13(27)32-11-19(33-14(2)28)20(34-15(3)29)21(35-16(4)30)22(36-17(5)31)23-25-26-24(38-23)37-12-18-9-7-6-8-10-18/h6-10,19-22H,11-12H2,1-5H3/t19-,20-,21+,22-/m1/s1. The van der Waals surface area contributed by atoms with E-state index in [0.717, 1.165) is 51.5 Å². The van der Waals surface area contributed by atoms with Crippen molar-refractivity contribution in [2.45, 2.75) is 69.1 Å². The van der Waals surface area contributed by atoms with Crippen LogP contribution in [0.2, 0.25) is 0 Å². The Hall–Kier alpha value is -3.52. The molecule has 14 heteroatoms. The molecule has 0 aliphatic heterocycles. The fraction of sp³-hybridized carbons (Fsp3) is 0.458. The smallest absolute Gasteiger partial charge is 0.303 e. The molecule has 0 unspecified atom stereocenters. The number of rotatable bonds is 13. The van der Waals surface area contributed by atoms with Gasteiger partial charge in [0.05, 0.1) is 0 Å². The molecule has 0 bridgehead atoms. The summed E-state index contributed by atoms with van der Waals surface area (Å²) in [6.45, 7) is 5.00. The minimum atomic E-state index is -1.55. The predicted octanol–water partition coefficient (Wildman–Crippen LogP) is 2.79. The molecule has 0 saturated heterocycles. The van der Waals surface area contributed by atoms with Crippen LogP contribution >= 0.6 is 23.1 Å². The summed E-state index contributed by atoms with van der Waals surface area (Å²) in [5, 5.41) is 8.38. The molecule has 0 aliphatic carbocycles. The van der Waals surface area contributed by atoms with Gasteiger partial charge in [-0.1, -0.05) is 53.4 Å². The topological polar surface area (TPSA) is 157 Å². The van der Waals surface area contributed by atoms with E-state index in [2.05, 4.69) is 10.2 Å². The minimum Gasteiger partial charge on any atom is -0.462 e. The lowest BCUT2D eigenvalue weighted by Crippen LogP contribution is -2.50. The van der Waals surface area contributed by atoms with Gasteiger partial charge in [0.2, 0.25) is 0 Å². The molecular formula is C24H28N2O10S2. The third-order valence-electron chi connectivity index (χ3n) is 4.52. The van der Waals surface area contributed by atoms with E-state index in [9.17, 15) is 24.0 Å². The van der Waals surface area contributed by atoms with Gasteiger partial charge in [0, 0.05) is 40.4 Å². The third kappa shape index (κ3) is 10.5. The number of esters is 5. The summed E-state index contributed by atoms with van der Waals surface area (Å²) in [7, 11) is 0. The molecule has 0 radical (unpaired) electrons. The molecule has 0 fully saturated rings. The summed E-state index contributed by atoms with van der Waals surface area (Å²) in [5.41, 5.74) is 1.05.